The molecule has 1 aromatic heterocycles. The van der Waals surface area contributed by atoms with E-state index in [1.807, 2.05) is 6.07 Å². The second kappa shape index (κ2) is 10.0. The van der Waals surface area contributed by atoms with Crippen molar-refractivity contribution in [2.45, 2.75) is 32.1 Å². The first-order valence-electron chi connectivity index (χ1n) is 9.66. The molecule has 0 unspecified atom stereocenters. The van der Waals surface area contributed by atoms with Crippen molar-refractivity contribution in [1.82, 2.24) is 9.88 Å². The van der Waals surface area contributed by atoms with Crippen LogP contribution in [0.15, 0.2) is 47.4 Å². The predicted octanol–water partition coefficient (Wildman–Crippen LogP) is 3.28. The Bertz CT molecular complexity index is 723. The molecule has 0 atom stereocenters. The summed E-state index contributed by atoms with van der Waals surface area (Å²) in [4.78, 5) is 16.8. The van der Waals surface area contributed by atoms with Crippen LogP contribution in [0, 0.1) is 0 Å². The Kier molecular flexibility index (Phi) is 7.14. The van der Waals surface area contributed by atoms with Gasteiger partial charge in [-0.1, -0.05) is 18.6 Å². The van der Waals surface area contributed by atoms with Crippen molar-refractivity contribution in [2.75, 3.05) is 38.1 Å². The van der Waals surface area contributed by atoms with Crippen molar-refractivity contribution in [2.24, 2.45) is 0 Å². The summed E-state index contributed by atoms with van der Waals surface area (Å²) in [5.74, 6) is 1.69. The minimum Gasteiger partial charge on any atom is -0.494 e. The number of ether oxygens (including phenoxy) is 1. The summed E-state index contributed by atoms with van der Waals surface area (Å²) in [7, 11) is 0. The quantitative estimate of drug-likeness (QED) is 0.678. The number of likely N-dealkylation sites (tertiary alicyclic amines) is 1. The van der Waals surface area contributed by atoms with Crippen LogP contribution in [0.2, 0.25) is 0 Å². The third-order valence-corrected chi connectivity index (χ3v) is 4.74. The molecule has 26 heavy (non-hydrogen) atoms. The lowest BCUT2D eigenvalue weighted by atomic mass is 10.1. The average molecular weight is 355 g/mol. The highest BCUT2D eigenvalue weighted by molar-refractivity contribution is 5.33. The molecule has 0 aliphatic carbocycles. The van der Waals surface area contributed by atoms with Crippen LogP contribution in [-0.4, -0.2) is 42.7 Å². The molecule has 2 heterocycles. The molecule has 0 radical (unpaired) electrons. The summed E-state index contributed by atoms with van der Waals surface area (Å²) in [6.07, 6.45) is 7.67. The van der Waals surface area contributed by atoms with Crippen molar-refractivity contribution in [3.8, 4) is 5.75 Å². The van der Waals surface area contributed by atoms with Gasteiger partial charge in [0.25, 0.3) is 0 Å². The molecule has 1 fully saturated rings. The Morgan fingerprint density at radius 2 is 2.00 bits per heavy atom. The maximum Gasteiger partial charge on any atom is 0.183 e. The SMILES string of the molecule is O=c1cc[nH]c(NCCCOc2cccc(CCN3CCCCC3)c2)c1. The number of hydrogen-bond acceptors (Lipinski definition) is 4. The first-order chi connectivity index (χ1) is 12.8. The van der Waals surface area contributed by atoms with Gasteiger partial charge in [-0.25, -0.2) is 0 Å². The van der Waals surface area contributed by atoms with Crippen LogP contribution in [-0.2, 0) is 6.42 Å². The van der Waals surface area contributed by atoms with E-state index in [1.165, 1.54) is 44.0 Å². The lowest BCUT2D eigenvalue weighted by Gasteiger charge is -2.26. The van der Waals surface area contributed by atoms with Gasteiger partial charge in [0.05, 0.1) is 6.61 Å². The Labute approximate surface area is 155 Å². The summed E-state index contributed by atoms with van der Waals surface area (Å²) in [5.41, 5.74) is 1.34. The van der Waals surface area contributed by atoms with E-state index in [0.29, 0.717) is 6.61 Å². The molecule has 0 spiro atoms. The largest absolute Gasteiger partial charge is 0.494 e. The molecule has 2 N–H and O–H groups in total. The fourth-order valence-corrected chi connectivity index (χ4v) is 3.29. The molecular formula is C21H29N3O2. The zero-order valence-corrected chi connectivity index (χ0v) is 15.4. The van der Waals surface area contributed by atoms with E-state index in [-0.39, 0.29) is 5.43 Å². The monoisotopic (exact) mass is 355 g/mol. The summed E-state index contributed by atoms with van der Waals surface area (Å²) >= 11 is 0. The molecule has 5 heteroatoms. The van der Waals surface area contributed by atoms with Gasteiger partial charge in [-0.15, -0.1) is 0 Å². The zero-order valence-electron chi connectivity index (χ0n) is 15.4. The number of piperidine rings is 1. The van der Waals surface area contributed by atoms with Gasteiger partial charge in [-0.05, 0) is 56.5 Å². The lowest BCUT2D eigenvalue weighted by molar-refractivity contribution is 0.231. The smallest absolute Gasteiger partial charge is 0.183 e. The molecule has 1 saturated heterocycles. The highest BCUT2D eigenvalue weighted by Crippen LogP contribution is 2.15. The Morgan fingerprint density at radius 1 is 1.12 bits per heavy atom. The van der Waals surface area contributed by atoms with Crippen LogP contribution >= 0.6 is 0 Å². The van der Waals surface area contributed by atoms with Crippen molar-refractivity contribution >= 4 is 5.82 Å². The standard InChI is InChI=1S/C21H29N3O2/c25-19-8-11-23-21(17-19)22-10-5-15-26-20-7-4-6-18(16-20)9-14-24-12-2-1-3-13-24/h4,6-8,11,16-17H,1-3,5,9-10,12-15H2,(H2,22,23,25). The van der Waals surface area contributed by atoms with Crippen LogP contribution in [0.25, 0.3) is 0 Å². The minimum atomic E-state index is 0.00358. The van der Waals surface area contributed by atoms with Gasteiger partial charge in [0.1, 0.15) is 11.6 Å². The maximum atomic E-state index is 11.3. The molecule has 0 bridgehead atoms. The number of anilines is 1. The van der Waals surface area contributed by atoms with Gasteiger partial charge in [-0.2, -0.15) is 0 Å². The molecule has 3 rings (SSSR count). The van der Waals surface area contributed by atoms with E-state index in [2.05, 4.69) is 33.4 Å². The molecule has 5 nitrogen and oxygen atoms in total. The molecule has 0 saturated carbocycles. The normalized spacial score (nSPS) is 14.9. The number of benzene rings is 1. The number of nitrogens with one attached hydrogen (secondary N) is 2. The molecular weight excluding hydrogens is 326 g/mol. The third-order valence-electron chi connectivity index (χ3n) is 4.74. The number of aromatic amines is 1. The van der Waals surface area contributed by atoms with E-state index in [9.17, 15) is 4.79 Å². The number of rotatable bonds is 9. The molecule has 0 amide bonds. The van der Waals surface area contributed by atoms with Gasteiger partial charge in [0.15, 0.2) is 5.43 Å². The van der Waals surface area contributed by atoms with Gasteiger partial charge in [0, 0.05) is 31.4 Å². The second-order valence-electron chi connectivity index (χ2n) is 6.87. The highest BCUT2D eigenvalue weighted by Gasteiger charge is 2.09. The van der Waals surface area contributed by atoms with E-state index < -0.39 is 0 Å². The van der Waals surface area contributed by atoms with Gasteiger partial charge >= 0.3 is 0 Å². The average Bonchev–Trinajstić information content (AvgIpc) is 2.67. The summed E-state index contributed by atoms with van der Waals surface area (Å²) in [5, 5.41) is 3.20. The molecule has 140 valence electrons. The summed E-state index contributed by atoms with van der Waals surface area (Å²) < 4.78 is 5.87. The third kappa shape index (κ3) is 6.23. The van der Waals surface area contributed by atoms with Crippen molar-refractivity contribution in [3.63, 3.8) is 0 Å². The Balaban J connectivity index is 1.36. The maximum absolute atomic E-state index is 11.3. The first-order valence-corrected chi connectivity index (χ1v) is 9.66. The number of pyridine rings is 1. The van der Waals surface area contributed by atoms with Crippen LogP contribution in [0.5, 0.6) is 5.75 Å². The van der Waals surface area contributed by atoms with Gasteiger partial charge < -0.3 is 19.9 Å². The summed E-state index contributed by atoms with van der Waals surface area (Å²) in [6, 6.07) is 11.5. The minimum absolute atomic E-state index is 0.00358. The second-order valence-corrected chi connectivity index (χ2v) is 6.87. The fraction of sp³-hybridized carbons (Fsp3) is 0.476. The number of aromatic nitrogens is 1. The predicted molar refractivity (Wildman–Crippen MR) is 106 cm³/mol. The highest BCUT2D eigenvalue weighted by atomic mass is 16.5. The Morgan fingerprint density at radius 3 is 2.85 bits per heavy atom. The molecule has 2 aromatic rings. The van der Waals surface area contributed by atoms with Crippen molar-refractivity contribution in [1.29, 1.82) is 0 Å². The van der Waals surface area contributed by atoms with Crippen LogP contribution in [0.4, 0.5) is 5.82 Å². The van der Waals surface area contributed by atoms with Crippen LogP contribution in [0.3, 0.4) is 0 Å². The first kappa shape index (κ1) is 18.5. The van der Waals surface area contributed by atoms with Crippen LogP contribution < -0.4 is 15.5 Å². The van der Waals surface area contributed by atoms with E-state index >= 15 is 0 Å². The summed E-state index contributed by atoms with van der Waals surface area (Å²) in [6.45, 7) is 5.04. The zero-order chi connectivity index (χ0) is 18.0. The van der Waals surface area contributed by atoms with Crippen molar-refractivity contribution in [3.05, 3.63) is 58.4 Å². The molecule has 1 aliphatic rings. The van der Waals surface area contributed by atoms with E-state index in [0.717, 1.165) is 37.5 Å². The number of nitrogens with zero attached hydrogens (tertiary/aromatic N) is 1. The Hall–Kier alpha value is -2.27. The fourth-order valence-electron chi connectivity index (χ4n) is 3.29. The number of H-pyrrole nitrogens is 1. The lowest BCUT2D eigenvalue weighted by Crippen LogP contribution is -2.31. The van der Waals surface area contributed by atoms with Crippen molar-refractivity contribution < 1.29 is 4.74 Å². The van der Waals surface area contributed by atoms with E-state index in [1.54, 1.807) is 12.3 Å². The topological polar surface area (TPSA) is 57.4 Å². The van der Waals surface area contributed by atoms with Crippen LogP contribution in [0.1, 0.15) is 31.2 Å². The number of hydrogen-bond donors (Lipinski definition) is 2. The molecule has 1 aromatic carbocycles. The van der Waals surface area contributed by atoms with Gasteiger partial charge in [-0.3, -0.25) is 4.79 Å². The van der Waals surface area contributed by atoms with Gasteiger partial charge in [0.2, 0.25) is 0 Å². The molecule has 1 aliphatic heterocycles. The van der Waals surface area contributed by atoms with E-state index in [4.69, 9.17) is 4.74 Å².